The Morgan fingerprint density at radius 2 is 2.04 bits per heavy atom. The molecule has 0 spiro atoms. The number of benzene rings is 1. The molecule has 1 aromatic rings. The van der Waals surface area contributed by atoms with E-state index in [9.17, 15) is 9.59 Å². The summed E-state index contributed by atoms with van der Waals surface area (Å²) in [6.07, 6.45) is 5.24. The maximum Gasteiger partial charge on any atom is 0.338 e. The number of esters is 1. The fourth-order valence-corrected chi connectivity index (χ4v) is 2.97. The Balaban J connectivity index is 2.53. The first-order valence-electron chi connectivity index (χ1n) is 8.40. The van der Waals surface area contributed by atoms with E-state index in [1.165, 1.54) is 0 Å². The van der Waals surface area contributed by atoms with Crippen LogP contribution in [0.1, 0.15) is 32.4 Å². The number of allylic oxidation sites excluding steroid dienone is 1. The van der Waals surface area contributed by atoms with Crippen LogP contribution in [0.4, 0.5) is 4.79 Å². The summed E-state index contributed by atoms with van der Waals surface area (Å²) in [5.74, 6) is 2.50. The number of ether oxygens (including phenoxy) is 3. The fourth-order valence-electron chi connectivity index (χ4n) is 2.69. The minimum atomic E-state index is -0.754. The van der Waals surface area contributed by atoms with Gasteiger partial charge in [0.25, 0.3) is 0 Å². The molecule has 1 atom stereocenters. The highest BCUT2D eigenvalue weighted by Crippen LogP contribution is 2.40. The first-order chi connectivity index (χ1) is 12.9. The van der Waals surface area contributed by atoms with Crippen LogP contribution in [0.3, 0.4) is 0 Å². The molecule has 0 saturated heterocycles. The highest BCUT2D eigenvalue weighted by atomic mass is 35.5. The summed E-state index contributed by atoms with van der Waals surface area (Å²) >= 11 is 6.35. The van der Waals surface area contributed by atoms with E-state index in [1.54, 1.807) is 26.0 Å². The highest BCUT2D eigenvalue weighted by Gasteiger charge is 2.33. The van der Waals surface area contributed by atoms with Crippen molar-refractivity contribution < 1.29 is 23.8 Å². The lowest BCUT2D eigenvalue weighted by atomic mass is 9.95. The standard InChI is InChI=1S/C19H21ClN2O5/c1-5-8-27-17-13(20)9-12(10-14(17)25-6-2)16-15(18(23)26-7-3)11(4)21-19(24)22-16/h1,9-10,16H,6-8H2,2-4H3,(H2,21,22,24)/t16-/m1/s1. The molecule has 1 aliphatic rings. The van der Waals surface area contributed by atoms with Crippen LogP contribution in [0.5, 0.6) is 11.5 Å². The molecule has 8 heteroatoms. The van der Waals surface area contributed by atoms with E-state index in [0.29, 0.717) is 29.4 Å². The number of rotatable bonds is 7. The van der Waals surface area contributed by atoms with Gasteiger partial charge in [0, 0.05) is 5.70 Å². The van der Waals surface area contributed by atoms with Gasteiger partial charge in [-0.1, -0.05) is 17.5 Å². The highest BCUT2D eigenvalue weighted by molar-refractivity contribution is 6.32. The van der Waals surface area contributed by atoms with Crippen LogP contribution in [-0.4, -0.2) is 31.8 Å². The van der Waals surface area contributed by atoms with Gasteiger partial charge in [-0.25, -0.2) is 9.59 Å². The molecular weight excluding hydrogens is 372 g/mol. The zero-order chi connectivity index (χ0) is 20.0. The zero-order valence-corrected chi connectivity index (χ0v) is 16.1. The molecule has 0 radical (unpaired) electrons. The molecule has 27 heavy (non-hydrogen) atoms. The molecule has 2 amide bonds. The molecule has 2 rings (SSSR count). The molecule has 1 heterocycles. The molecule has 0 saturated carbocycles. The van der Waals surface area contributed by atoms with Crippen LogP contribution >= 0.6 is 11.6 Å². The van der Waals surface area contributed by atoms with E-state index in [2.05, 4.69) is 16.6 Å². The molecule has 0 fully saturated rings. The van der Waals surface area contributed by atoms with Crippen LogP contribution in [0.15, 0.2) is 23.4 Å². The van der Waals surface area contributed by atoms with E-state index in [4.69, 9.17) is 32.2 Å². The van der Waals surface area contributed by atoms with Crippen LogP contribution in [0.2, 0.25) is 5.02 Å². The Kier molecular flexibility index (Phi) is 6.97. The SMILES string of the molecule is C#CCOc1c(Cl)cc([C@H]2NC(=O)NC(C)=C2C(=O)OCC)cc1OCC. The van der Waals surface area contributed by atoms with E-state index >= 15 is 0 Å². The number of terminal acetylenes is 1. The summed E-state index contributed by atoms with van der Waals surface area (Å²) in [4.78, 5) is 24.4. The third-order valence-electron chi connectivity index (χ3n) is 3.73. The summed E-state index contributed by atoms with van der Waals surface area (Å²) in [5.41, 5.74) is 1.24. The number of hydrogen-bond donors (Lipinski definition) is 2. The van der Waals surface area contributed by atoms with Crippen LogP contribution in [0.25, 0.3) is 0 Å². The van der Waals surface area contributed by atoms with Gasteiger partial charge in [-0.2, -0.15) is 0 Å². The smallest absolute Gasteiger partial charge is 0.338 e. The molecule has 0 bridgehead atoms. The van der Waals surface area contributed by atoms with Gasteiger partial charge < -0.3 is 24.8 Å². The van der Waals surface area contributed by atoms with Crippen molar-refractivity contribution in [2.45, 2.75) is 26.8 Å². The topological polar surface area (TPSA) is 85.9 Å². The van der Waals surface area contributed by atoms with E-state index in [1.807, 2.05) is 6.92 Å². The third kappa shape index (κ3) is 4.66. The molecule has 0 aromatic heterocycles. The maximum absolute atomic E-state index is 12.4. The van der Waals surface area contributed by atoms with Crippen LogP contribution in [-0.2, 0) is 9.53 Å². The number of halogens is 1. The predicted octanol–water partition coefficient (Wildman–Crippen LogP) is 2.94. The second-order valence-corrected chi connectivity index (χ2v) is 5.95. The number of hydrogen-bond acceptors (Lipinski definition) is 5. The number of carbonyl (C=O) groups is 2. The molecule has 0 aliphatic carbocycles. The van der Waals surface area contributed by atoms with Crippen molar-refractivity contribution in [3.05, 3.63) is 34.0 Å². The van der Waals surface area contributed by atoms with Crippen molar-refractivity contribution in [3.63, 3.8) is 0 Å². The van der Waals surface area contributed by atoms with Crippen LogP contribution < -0.4 is 20.1 Å². The average Bonchev–Trinajstić information content (AvgIpc) is 2.60. The predicted molar refractivity (Wildman–Crippen MR) is 101 cm³/mol. The Bertz CT molecular complexity index is 813. The molecule has 0 unspecified atom stereocenters. The zero-order valence-electron chi connectivity index (χ0n) is 15.3. The Morgan fingerprint density at radius 1 is 1.30 bits per heavy atom. The van der Waals surface area contributed by atoms with Crippen molar-refractivity contribution >= 4 is 23.6 Å². The van der Waals surface area contributed by atoms with Crippen molar-refractivity contribution in [1.29, 1.82) is 0 Å². The van der Waals surface area contributed by atoms with Crippen molar-refractivity contribution in [2.75, 3.05) is 19.8 Å². The monoisotopic (exact) mass is 392 g/mol. The Hall–Kier alpha value is -2.85. The van der Waals surface area contributed by atoms with Crippen molar-refractivity contribution in [1.82, 2.24) is 10.6 Å². The van der Waals surface area contributed by atoms with Gasteiger partial charge in [-0.3, -0.25) is 0 Å². The quantitative estimate of drug-likeness (QED) is 0.550. The summed E-state index contributed by atoms with van der Waals surface area (Å²) in [6.45, 7) is 5.75. The molecule has 7 nitrogen and oxygen atoms in total. The third-order valence-corrected chi connectivity index (χ3v) is 4.01. The van der Waals surface area contributed by atoms with Gasteiger partial charge in [0.1, 0.15) is 6.61 Å². The largest absolute Gasteiger partial charge is 0.490 e. The Labute approximate surface area is 163 Å². The average molecular weight is 393 g/mol. The van der Waals surface area contributed by atoms with Gasteiger partial charge in [-0.05, 0) is 38.5 Å². The lowest BCUT2D eigenvalue weighted by molar-refractivity contribution is -0.139. The minimum absolute atomic E-state index is 0.0241. The van der Waals surface area contributed by atoms with Gasteiger partial charge in [0.15, 0.2) is 11.5 Å². The first-order valence-corrected chi connectivity index (χ1v) is 8.78. The molecule has 2 N–H and O–H groups in total. The summed E-state index contributed by atoms with van der Waals surface area (Å²) in [6, 6.07) is 2.06. The second kappa shape index (κ2) is 9.19. The van der Waals surface area contributed by atoms with E-state index in [-0.39, 0.29) is 23.8 Å². The van der Waals surface area contributed by atoms with Crippen molar-refractivity contribution in [2.24, 2.45) is 0 Å². The molecular formula is C19H21ClN2O5. The van der Waals surface area contributed by atoms with Gasteiger partial charge in [0.05, 0.1) is 29.9 Å². The van der Waals surface area contributed by atoms with Crippen molar-refractivity contribution in [3.8, 4) is 23.8 Å². The molecule has 1 aromatic carbocycles. The maximum atomic E-state index is 12.4. The first kappa shape index (κ1) is 20.5. The second-order valence-electron chi connectivity index (χ2n) is 5.55. The van der Waals surface area contributed by atoms with E-state index < -0.39 is 18.0 Å². The molecule has 144 valence electrons. The molecule has 1 aliphatic heterocycles. The normalized spacial score (nSPS) is 16.1. The number of urea groups is 1. The van der Waals surface area contributed by atoms with Gasteiger partial charge in [-0.15, -0.1) is 6.42 Å². The number of nitrogens with one attached hydrogen (secondary N) is 2. The number of amides is 2. The van der Waals surface area contributed by atoms with Crippen LogP contribution in [0, 0.1) is 12.3 Å². The van der Waals surface area contributed by atoms with Gasteiger partial charge >= 0.3 is 12.0 Å². The van der Waals surface area contributed by atoms with Gasteiger partial charge in [0.2, 0.25) is 0 Å². The Morgan fingerprint density at radius 3 is 2.67 bits per heavy atom. The fraction of sp³-hybridized carbons (Fsp3) is 0.368. The minimum Gasteiger partial charge on any atom is -0.490 e. The summed E-state index contributed by atoms with van der Waals surface area (Å²) in [7, 11) is 0. The lowest BCUT2D eigenvalue weighted by Crippen LogP contribution is -2.45. The lowest BCUT2D eigenvalue weighted by Gasteiger charge is -2.28. The summed E-state index contributed by atoms with van der Waals surface area (Å²) in [5, 5.41) is 5.55. The summed E-state index contributed by atoms with van der Waals surface area (Å²) < 4.78 is 16.2. The van der Waals surface area contributed by atoms with E-state index in [0.717, 1.165) is 0 Å². The number of carbonyl (C=O) groups excluding carboxylic acids is 2.